The van der Waals surface area contributed by atoms with E-state index in [4.69, 9.17) is 9.47 Å². The van der Waals surface area contributed by atoms with Crippen molar-refractivity contribution in [2.45, 2.75) is 6.29 Å². The van der Waals surface area contributed by atoms with E-state index in [-0.39, 0.29) is 11.1 Å². The van der Waals surface area contributed by atoms with E-state index in [2.05, 4.69) is 0 Å². The van der Waals surface area contributed by atoms with Crippen LogP contribution in [0.15, 0.2) is 18.2 Å². The van der Waals surface area contributed by atoms with Gasteiger partial charge < -0.3 is 9.47 Å². The van der Waals surface area contributed by atoms with E-state index in [1.807, 2.05) is 0 Å². The van der Waals surface area contributed by atoms with Crippen molar-refractivity contribution in [1.29, 1.82) is 0 Å². The molecule has 0 amide bonds. The monoisotopic (exact) mass is 198 g/mol. The molecule has 76 valence electrons. The van der Waals surface area contributed by atoms with Crippen LogP contribution in [0.5, 0.6) is 0 Å². The number of aldehydes is 1. The molecule has 0 aliphatic rings. The lowest BCUT2D eigenvalue weighted by atomic mass is 10.1. The maximum absolute atomic E-state index is 13.5. The largest absolute Gasteiger partial charge is 0.352 e. The summed E-state index contributed by atoms with van der Waals surface area (Å²) in [5.41, 5.74) is 0.223. The van der Waals surface area contributed by atoms with Crippen LogP contribution in [0.2, 0.25) is 0 Å². The van der Waals surface area contributed by atoms with E-state index in [0.29, 0.717) is 6.29 Å². The smallest absolute Gasteiger partial charge is 0.185 e. The van der Waals surface area contributed by atoms with Gasteiger partial charge in [0.05, 0.1) is 5.56 Å². The van der Waals surface area contributed by atoms with Gasteiger partial charge in [0.25, 0.3) is 0 Å². The Morgan fingerprint density at radius 3 is 2.50 bits per heavy atom. The van der Waals surface area contributed by atoms with Gasteiger partial charge in [-0.1, -0.05) is 12.1 Å². The van der Waals surface area contributed by atoms with E-state index < -0.39 is 12.1 Å². The molecule has 0 aliphatic carbocycles. The van der Waals surface area contributed by atoms with Gasteiger partial charge in [0, 0.05) is 19.8 Å². The number of halogens is 1. The molecule has 0 radical (unpaired) electrons. The first-order chi connectivity index (χ1) is 6.74. The van der Waals surface area contributed by atoms with Crippen LogP contribution in [0.1, 0.15) is 22.2 Å². The minimum atomic E-state index is -0.782. The van der Waals surface area contributed by atoms with Crippen LogP contribution in [0, 0.1) is 5.82 Å². The topological polar surface area (TPSA) is 35.5 Å². The summed E-state index contributed by atoms with van der Waals surface area (Å²) < 4.78 is 23.3. The summed E-state index contributed by atoms with van der Waals surface area (Å²) in [4.78, 5) is 10.5. The van der Waals surface area contributed by atoms with Gasteiger partial charge in [0.15, 0.2) is 12.6 Å². The van der Waals surface area contributed by atoms with Crippen molar-refractivity contribution in [3.05, 3.63) is 35.1 Å². The fourth-order valence-corrected chi connectivity index (χ4v) is 1.19. The molecule has 14 heavy (non-hydrogen) atoms. The van der Waals surface area contributed by atoms with Crippen molar-refractivity contribution in [3.8, 4) is 0 Å². The van der Waals surface area contributed by atoms with Crippen LogP contribution < -0.4 is 0 Å². The second-order valence-corrected chi connectivity index (χ2v) is 2.67. The van der Waals surface area contributed by atoms with Crippen LogP contribution in [0.25, 0.3) is 0 Å². The molecule has 1 aromatic carbocycles. The summed E-state index contributed by atoms with van der Waals surface area (Å²) in [6.07, 6.45) is -0.323. The van der Waals surface area contributed by atoms with Gasteiger partial charge in [-0.25, -0.2) is 4.39 Å². The summed E-state index contributed by atoms with van der Waals surface area (Å²) in [6, 6.07) is 4.49. The second kappa shape index (κ2) is 4.83. The zero-order valence-corrected chi connectivity index (χ0v) is 7.99. The number of hydrogen-bond acceptors (Lipinski definition) is 3. The first-order valence-corrected chi connectivity index (χ1v) is 4.03. The number of rotatable bonds is 4. The van der Waals surface area contributed by atoms with Gasteiger partial charge in [-0.2, -0.15) is 0 Å². The molecule has 0 aromatic heterocycles. The molecular weight excluding hydrogens is 187 g/mol. The number of benzene rings is 1. The minimum absolute atomic E-state index is 0.00148. The highest BCUT2D eigenvalue weighted by Crippen LogP contribution is 2.22. The highest BCUT2D eigenvalue weighted by molar-refractivity contribution is 5.75. The molecule has 0 bridgehead atoms. The molecule has 1 rings (SSSR count). The third kappa shape index (κ3) is 1.97. The maximum atomic E-state index is 13.5. The summed E-state index contributed by atoms with van der Waals surface area (Å²) in [7, 11) is 2.81. The molecule has 1 aromatic rings. The quantitative estimate of drug-likeness (QED) is 0.547. The van der Waals surface area contributed by atoms with Gasteiger partial charge in [0.2, 0.25) is 0 Å². The van der Waals surface area contributed by atoms with Crippen LogP contribution in [0.3, 0.4) is 0 Å². The minimum Gasteiger partial charge on any atom is -0.352 e. The summed E-state index contributed by atoms with van der Waals surface area (Å²) in [6.45, 7) is 0. The summed E-state index contributed by atoms with van der Waals surface area (Å²) >= 11 is 0. The molecule has 4 heteroatoms. The molecule has 0 N–H and O–H groups in total. The predicted molar refractivity (Wildman–Crippen MR) is 48.5 cm³/mol. The Bertz CT molecular complexity index is 321. The Balaban J connectivity index is 3.13. The van der Waals surface area contributed by atoms with Crippen molar-refractivity contribution in [2.75, 3.05) is 14.2 Å². The average molecular weight is 198 g/mol. The van der Waals surface area contributed by atoms with E-state index in [1.165, 1.54) is 26.4 Å². The molecule has 0 saturated heterocycles. The highest BCUT2D eigenvalue weighted by atomic mass is 19.1. The van der Waals surface area contributed by atoms with Gasteiger partial charge in [0.1, 0.15) is 5.82 Å². The van der Waals surface area contributed by atoms with E-state index in [1.54, 1.807) is 6.07 Å². The molecule has 0 heterocycles. The SMILES string of the molecule is COC(OC)c1cccc(C=O)c1F. The molecular formula is C10H11FO3. The first-order valence-electron chi connectivity index (χ1n) is 4.03. The molecule has 3 nitrogen and oxygen atoms in total. The van der Waals surface area contributed by atoms with Crippen molar-refractivity contribution in [2.24, 2.45) is 0 Å². The molecule has 0 spiro atoms. The lowest BCUT2D eigenvalue weighted by molar-refractivity contribution is -0.107. The molecule has 0 unspecified atom stereocenters. The molecule has 0 atom stereocenters. The van der Waals surface area contributed by atoms with E-state index in [9.17, 15) is 9.18 Å². The average Bonchev–Trinajstić information content (AvgIpc) is 2.22. The highest BCUT2D eigenvalue weighted by Gasteiger charge is 2.16. The standard InChI is InChI=1S/C10H11FO3/c1-13-10(14-2)8-5-3-4-7(6-12)9(8)11/h3-6,10H,1-2H3. The Hall–Kier alpha value is -1.26. The molecule has 0 aliphatic heterocycles. The van der Waals surface area contributed by atoms with Crippen LogP contribution in [0.4, 0.5) is 4.39 Å². The van der Waals surface area contributed by atoms with Crippen molar-refractivity contribution >= 4 is 6.29 Å². The number of hydrogen-bond donors (Lipinski definition) is 0. The second-order valence-electron chi connectivity index (χ2n) is 2.67. The number of ether oxygens (including phenoxy) is 2. The first kappa shape index (κ1) is 10.8. The Morgan fingerprint density at radius 2 is 2.00 bits per heavy atom. The predicted octanol–water partition coefficient (Wildman–Crippen LogP) is 1.93. The van der Waals surface area contributed by atoms with Crippen molar-refractivity contribution in [3.63, 3.8) is 0 Å². The number of carbonyl (C=O) groups excluding carboxylic acids is 1. The lowest BCUT2D eigenvalue weighted by Crippen LogP contribution is -2.07. The maximum Gasteiger partial charge on any atom is 0.185 e. The Labute approximate surface area is 81.4 Å². The van der Waals surface area contributed by atoms with E-state index in [0.717, 1.165) is 0 Å². The fourth-order valence-electron chi connectivity index (χ4n) is 1.19. The molecule has 0 fully saturated rings. The van der Waals surface area contributed by atoms with Gasteiger partial charge >= 0.3 is 0 Å². The zero-order valence-electron chi connectivity index (χ0n) is 7.99. The number of carbonyl (C=O) groups is 1. The van der Waals surface area contributed by atoms with Crippen molar-refractivity contribution < 1.29 is 18.7 Å². The normalized spacial score (nSPS) is 10.6. The van der Waals surface area contributed by atoms with Crippen LogP contribution in [-0.2, 0) is 9.47 Å². The number of methoxy groups -OCH3 is 2. The van der Waals surface area contributed by atoms with Gasteiger partial charge in [-0.3, -0.25) is 4.79 Å². The van der Waals surface area contributed by atoms with Crippen molar-refractivity contribution in [1.82, 2.24) is 0 Å². The van der Waals surface area contributed by atoms with Gasteiger partial charge in [-0.05, 0) is 6.07 Å². The Morgan fingerprint density at radius 1 is 1.36 bits per heavy atom. The summed E-state index contributed by atoms with van der Waals surface area (Å²) in [5.74, 6) is -0.601. The third-order valence-electron chi connectivity index (χ3n) is 1.87. The summed E-state index contributed by atoms with van der Waals surface area (Å²) in [5, 5.41) is 0. The fraction of sp³-hybridized carbons (Fsp3) is 0.300. The van der Waals surface area contributed by atoms with Crippen LogP contribution >= 0.6 is 0 Å². The van der Waals surface area contributed by atoms with Gasteiger partial charge in [-0.15, -0.1) is 0 Å². The zero-order chi connectivity index (χ0) is 10.6. The molecule has 0 saturated carbocycles. The van der Waals surface area contributed by atoms with Crippen LogP contribution in [-0.4, -0.2) is 20.5 Å². The Kier molecular flexibility index (Phi) is 3.73. The third-order valence-corrected chi connectivity index (χ3v) is 1.87. The lowest BCUT2D eigenvalue weighted by Gasteiger charge is -2.14. The van der Waals surface area contributed by atoms with E-state index >= 15 is 0 Å².